The van der Waals surface area contributed by atoms with Gasteiger partial charge in [0.05, 0.1) is 15.2 Å². The fraction of sp³-hybridized carbons (Fsp3) is 0.571. The van der Waals surface area contributed by atoms with Gasteiger partial charge in [-0.3, -0.25) is 9.35 Å². The van der Waals surface area contributed by atoms with Crippen LogP contribution in [0.3, 0.4) is 0 Å². The predicted octanol–water partition coefficient (Wildman–Crippen LogP) is 8.50. The first-order chi connectivity index (χ1) is 30.7. The molecule has 14 nitrogen and oxygen atoms in total. The molecule has 1 unspecified atom stereocenters. The van der Waals surface area contributed by atoms with Crippen molar-refractivity contribution in [1.82, 2.24) is 15.5 Å². The SMILES string of the molecule is CCN(CC)CC.CC[N+]1=C(/C=C\C=C2\N(CCCCCC(=O)NCCCNC(=O)OC3C/C=C/CCCC3)c3ccc(S(=O)(=O)[O-])cc3C2(C)C)C(C)(C)c2cc(S(=O)(=O)O)ccc21. The lowest BCUT2D eigenvalue weighted by Gasteiger charge is -2.27. The Balaban J connectivity index is 0.00000122. The van der Waals surface area contributed by atoms with Gasteiger partial charge in [0.15, 0.2) is 5.71 Å². The van der Waals surface area contributed by atoms with Crippen LogP contribution in [0.15, 0.2) is 82.3 Å². The highest BCUT2D eigenvalue weighted by Gasteiger charge is 2.45. The third kappa shape index (κ3) is 14.3. The summed E-state index contributed by atoms with van der Waals surface area (Å²) in [6, 6.07) is 9.12. The van der Waals surface area contributed by atoms with Crippen LogP contribution < -0.4 is 15.5 Å². The summed E-state index contributed by atoms with van der Waals surface area (Å²) in [5.41, 5.74) is 3.75. The van der Waals surface area contributed by atoms with E-state index in [1.54, 1.807) is 12.1 Å². The Labute approximate surface area is 388 Å². The molecule has 0 fully saturated rings. The van der Waals surface area contributed by atoms with Crippen molar-refractivity contribution in [3.8, 4) is 0 Å². The standard InChI is InChI=1S/C43H58N4O9S2.C6H15N/c1-6-46-36-24-22-32(57(50,51)52)29-34(36)42(2,3)38(46)19-15-20-39-43(4,5)35-30-33(58(53,54)55)23-25-37(35)47(39)28-14-10-13-21-40(48)44-26-16-27-45-41(49)56-31-17-11-8-7-9-12-18-31;1-4-7(5-2)6-3/h8,11,15,19-20,22-25,29-31H,6-7,9-10,12-14,16-18,21,26-28H2,1-5H3,(H3-,44,45,48,49,50,51,52,53,54,55);4-6H2,1-3H3/b11-8+;. The highest BCUT2D eigenvalue weighted by atomic mass is 32.2. The number of hydrogen-bond donors (Lipinski definition) is 3. The van der Waals surface area contributed by atoms with Crippen molar-refractivity contribution in [2.24, 2.45) is 0 Å². The Morgan fingerprint density at radius 1 is 0.877 bits per heavy atom. The van der Waals surface area contributed by atoms with Crippen LogP contribution in [0.25, 0.3) is 0 Å². The number of rotatable bonds is 19. The number of hydrogen-bond acceptors (Lipinski definition) is 10. The Morgan fingerprint density at radius 2 is 1.55 bits per heavy atom. The summed E-state index contributed by atoms with van der Waals surface area (Å²) in [5.74, 6) is -0.0570. The molecule has 2 heterocycles. The molecule has 0 bridgehead atoms. The van der Waals surface area contributed by atoms with Crippen molar-refractivity contribution >= 4 is 49.3 Å². The molecule has 0 radical (unpaired) electrons. The number of benzene rings is 2. The Bertz CT molecular complexity index is 2310. The maximum Gasteiger partial charge on any atom is 0.407 e. The van der Waals surface area contributed by atoms with Crippen molar-refractivity contribution in [3.63, 3.8) is 0 Å². The molecule has 2 amide bonds. The monoisotopic (exact) mass is 939 g/mol. The Morgan fingerprint density at radius 3 is 2.20 bits per heavy atom. The molecule has 0 aromatic heterocycles. The Hall–Kier alpha value is -4.35. The van der Waals surface area contributed by atoms with Gasteiger partial charge in [0.25, 0.3) is 10.1 Å². The van der Waals surface area contributed by atoms with Crippen LogP contribution in [0.5, 0.6) is 0 Å². The number of fused-ring (bicyclic) bond motifs is 2. The first-order valence-corrected chi connectivity index (χ1v) is 26.2. The second kappa shape index (κ2) is 23.9. The number of ether oxygens (including phenoxy) is 1. The minimum absolute atomic E-state index is 0.0570. The molecule has 65 heavy (non-hydrogen) atoms. The van der Waals surface area contributed by atoms with E-state index in [0.717, 1.165) is 78.9 Å². The van der Waals surface area contributed by atoms with Gasteiger partial charge in [-0.05, 0) is 127 Å². The smallest absolute Gasteiger partial charge is 0.407 e. The van der Waals surface area contributed by atoms with Crippen LogP contribution in [0.2, 0.25) is 0 Å². The molecule has 360 valence electrons. The average molecular weight is 940 g/mol. The van der Waals surface area contributed by atoms with E-state index in [2.05, 4.69) is 57.9 Å². The molecule has 0 spiro atoms. The summed E-state index contributed by atoms with van der Waals surface area (Å²) in [6.07, 6.45) is 17.5. The van der Waals surface area contributed by atoms with Gasteiger partial charge in [-0.1, -0.05) is 59.3 Å². The summed E-state index contributed by atoms with van der Waals surface area (Å²) in [5, 5.41) is 5.70. The molecule has 0 saturated heterocycles. The van der Waals surface area contributed by atoms with E-state index in [-0.39, 0.29) is 21.8 Å². The van der Waals surface area contributed by atoms with E-state index in [1.165, 1.54) is 43.9 Å². The van der Waals surface area contributed by atoms with Gasteiger partial charge in [-0.25, -0.2) is 13.2 Å². The molecule has 3 N–H and O–H groups in total. The zero-order chi connectivity index (χ0) is 48.0. The molecule has 2 aromatic rings. The van der Waals surface area contributed by atoms with E-state index >= 15 is 0 Å². The van der Waals surface area contributed by atoms with Crippen LogP contribution >= 0.6 is 0 Å². The number of nitrogens with one attached hydrogen (secondary N) is 2. The molecular formula is C49H73N5O9S2. The van der Waals surface area contributed by atoms with Crippen LogP contribution in [0.1, 0.15) is 131 Å². The van der Waals surface area contributed by atoms with Gasteiger partial charge in [0, 0.05) is 67.0 Å². The molecule has 3 aliphatic rings. The van der Waals surface area contributed by atoms with Crippen LogP contribution in [0.4, 0.5) is 16.2 Å². The van der Waals surface area contributed by atoms with Crippen molar-refractivity contribution in [2.45, 2.75) is 146 Å². The lowest BCUT2D eigenvalue weighted by molar-refractivity contribution is -0.433. The summed E-state index contributed by atoms with van der Waals surface area (Å²) < 4.78 is 77.3. The highest BCUT2D eigenvalue weighted by Crippen LogP contribution is 2.49. The first kappa shape index (κ1) is 53.3. The second-order valence-corrected chi connectivity index (χ2v) is 20.6. The average Bonchev–Trinajstić information content (AvgIpc) is 3.59. The molecule has 1 atom stereocenters. The van der Waals surface area contributed by atoms with E-state index in [4.69, 9.17) is 4.74 Å². The molecule has 5 rings (SSSR count). The lowest BCUT2D eigenvalue weighted by atomic mass is 9.81. The normalized spacial score (nSPS) is 19.0. The number of alkyl carbamates (subject to hydrolysis) is 1. The zero-order valence-corrected chi connectivity index (χ0v) is 41.5. The van der Waals surface area contributed by atoms with E-state index in [9.17, 15) is 35.5 Å². The first-order valence-electron chi connectivity index (χ1n) is 23.3. The number of unbranched alkanes of at least 4 members (excludes halogenated alkanes) is 2. The van der Waals surface area contributed by atoms with Crippen LogP contribution in [-0.4, -0.2) is 105 Å². The topological polar surface area (TPSA) is 188 Å². The van der Waals surface area contributed by atoms with Gasteiger partial charge in [-0.15, -0.1) is 0 Å². The minimum atomic E-state index is -4.68. The fourth-order valence-corrected chi connectivity index (χ4v) is 9.86. The molecule has 1 aliphatic carbocycles. The van der Waals surface area contributed by atoms with Crippen molar-refractivity contribution in [3.05, 3.63) is 83.6 Å². The summed E-state index contributed by atoms with van der Waals surface area (Å²) in [4.78, 5) is 28.8. The zero-order valence-electron chi connectivity index (χ0n) is 39.8. The molecular weight excluding hydrogens is 867 g/mol. The number of amides is 2. The van der Waals surface area contributed by atoms with Crippen molar-refractivity contribution < 1.29 is 44.8 Å². The Kier molecular flexibility index (Phi) is 19.6. The summed E-state index contributed by atoms with van der Waals surface area (Å²) in [7, 11) is -9.07. The van der Waals surface area contributed by atoms with Gasteiger partial charge in [-0.2, -0.15) is 13.0 Å². The van der Waals surface area contributed by atoms with Gasteiger partial charge < -0.3 is 29.7 Å². The van der Waals surface area contributed by atoms with E-state index in [0.29, 0.717) is 45.4 Å². The fourth-order valence-electron chi connectivity index (χ4n) is 8.85. The number of nitrogens with zero attached hydrogens (tertiary/aromatic N) is 3. The third-order valence-electron chi connectivity index (χ3n) is 12.7. The van der Waals surface area contributed by atoms with Gasteiger partial charge >= 0.3 is 6.09 Å². The number of anilines is 1. The van der Waals surface area contributed by atoms with Crippen molar-refractivity contribution in [2.75, 3.05) is 50.7 Å². The third-order valence-corrected chi connectivity index (χ3v) is 14.4. The highest BCUT2D eigenvalue weighted by molar-refractivity contribution is 7.86. The van der Waals surface area contributed by atoms with Gasteiger partial charge in [0.2, 0.25) is 11.6 Å². The number of carbonyl (C=O) groups is 2. The molecule has 0 saturated carbocycles. The number of allylic oxidation sites excluding steroid dienone is 5. The molecule has 2 aliphatic heterocycles. The lowest BCUT2D eigenvalue weighted by Crippen LogP contribution is -2.32. The maximum atomic E-state index is 12.6. The summed E-state index contributed by atoms with van der Waals surface area (Å²) in [6.45, 7) is 22.2. The molecule has 16 heteroatoms. The maximum absolute atomic E-state index is 12.6. The van der Waals surface area contributed by atoms with Crippen LogP contribution in [-0.2, 0) is 40.6 Å². The second-order valence-electron chi connectivity index (χ2n) is 17.8. The number of carbonyl (C=O) groups excluding carboxylic acids is 2. The largest absolute Gasteiger partial charge is 0.744 e. The summed E-state index contributed by atoms with van der Waals surface area (Å²) >= 11 is 0. The van der Waals surface area contributed by atoms with Crippen molar-refractivity contribution in [1.29, 1.82) is 0 Å². The van der Waals surface area contributed by atoms with E-state index in [1.807, 2.05) is 52.8 Å². The van der Waals surface area contributed by atoms with E-state index < -0.39 is 37.2 Å². The predicted molar refractivity (Wildman–Crippen MR) is 257 cm³/mol. The van der Waals surface area contributed by atoms with Gasteiger partial charge in [0.1, 0.15) is 22.8 Å². The quantitative estimate of drug-likeness (QED) is 0.0530. The molecule has 2 aromatic carbocycles. The van der Waals surface area contributed by atoms with Crippen LogP contribution in [0, 0.1) is 0 Å². The minimum Gasteiger partial charge on any atom is -0.744 e.